The molecule has 1 N–H and O–H groups in total. The number of ether oxygens (including phenoxy) is 1. The number of hydrogen-bond donors (Lipinski definition) is 1. The maximum absolute atomic E-state index is 11.7. The molecule has 0 radical (unpaired) electrons. The number of amides is 1. The first-order chi connectivity index (χ1) is 10.1. The molecule has 0 unspecified atom stereocenters. The van der Waals surface area contributed by atoms with Crippen molar-refractivity contribution in [2.24, 2.45) is 0 Å². The molecule has 2 heterocycles. The van der Waals surface area contributed by atoms with Gasteiger partial charge in [-0.15, -0.1) is 0 Å². The van der Waals surface area contributed by atoms with Crippen LogP contribution in [0.3, 0.4) is 0 Å². The van der Waals surface area contributed by atoms with Crippen molar-refractivity contribution in [2.45, 2.75) is 13.0 Å². The molecule has 1 amide bonds. The van der Waals surface area contributed by atoms with Gasteiger partial charge in [-0.1, -0.05) is 29.8 Å². The Bertz CT molecular complexity index is 688. The highest BCUT2D eigenvalue weighted by molar-refractivity contribution is 9.10. The van der Waals surface area contributed by atoms with Crippen molar-refractivity contribution in [3.8, 4) is 5.88 Å². The zero-order valence-electron chi connectivity index (χ0n) is 11.3. The number of aryl methyl sites for hydroxylation is 1. The monoisotopic (exact) mass is 348 g/mol. The summed E-state index contributed by atoms with van der Waals surface area (Å²) < 4.78 is 6.33. The van der Waals surface area contributed by atoms with E-state index in [1.807, 2.05) is 31.2 Å². The van der Waals surface area contributed by atoms with Crippen molar-refractivity contribution < 1.29 is 14.6 Å². The van der Waals surface area contributed by atoms with E-state index < -0.39 is 6.09 Å². The van der Waals surface area contributed by atoms with Crippen LogP contribution < -0.4 is 9.64 Å². The molecule has 0 aliphatic carbocycles. The molecular weight excluding hydrogens is 336 g/mol. The third-order valence-electron chi connectivity index (χ3n) is 3.42. The maximum atomic E-state index is 11.7. The van der Waals surface area contributed by atoms with E-state index in [1.165, 1.54) is 4.90 Å². The molecule has 1 aliphatic rings. The molecule has 5 nitrogen and oxygen atoms in total. The van der Waals surface area contributed by atoms with Gasteiger partial charge in [0.2, 0.25) is 5.88 Å². The highest BCUT2D eigenvalue weighted by Gasteiger charge is 2.34. The van der Waals surface area contributed by atoms with E-state index in [2.05, 4.69) is 20.9 Å². The van der Waals surface area contributed by atoms with Gasteiger partial charge in [0.15, 0.2) is 0 Å². The second-order valence-electron chi connectivity index (χ2n) is 4.87. The molecule has 6 heteroatoms. The van der Waals surface area contributed by atoms with Crippen molar-refractivity contribution in [3.05, 3.63) is 52.1 Å². The molecule has 21 heavy (non-hydrogen) atoms. The van der Waals surface area contributed by atoms with E-state index in [9.17, 15) is 9.90 Å². The van der Waals surface area contributed by atoms with Gasteiger partial charge in [0.1, 0.15) is 12.3 Å². The SMILES string of the molecule is Cc1ccc([C@H]2COc3ncc(Br)cc3N2C(=O)O)cc1. The molecule has 1 aromatic heterocycles. The molecule has 0 saturated carbocycles. The van der Waals surface area contributed by atoms with Gasteiger partial charge in [-0.3, -0.25) is 4.90 Å². The van der Waals surface area contributed by atoms with Gasteiger partial charge in [0.25, 0.3) is 0 Å². The minimum absolute atomic E-state index is 0.247. The number of benzene rings is 1. The van der Waals surface area contributed by atoms with Crippen LogP contribution in [0, 0.1) is 6.92 Å². The summed E-state index contributed by atoms with van der Waals surface area (Å²) in [6.07, 6.45) is 0.565. The molecule has 1 atom stereocenters. The van der Waals surface area contributed by atoms with Crippen molar-refractivity contribution in [1.82, 2.24) is 4.98 Å². The Morgan fingerprint density at radius 2 is 2.14 bits per heavy atom. The molecule has 1 aromatic carbocycles. The Balaban J connectivity index is 2.06. The number of nitrogens with zero attached hydrogens (tertiary/aromatic N) is 2. The second-order valence-corrected chi connectivity index (χ2v) is 5.78. The van der Waals surface area contributed by atoms with Crippen LogP contribution in [0.5, 0.6) is 5.88 Å². The smallest absolute Gasteiger partial charge is 0.412 e. The zero-order valence-corrected chi connectivity index (χ0v) is 12.9. The maximum Gasteiger partial charge on any atom is 0.412 e. The Hall–Kier alpha value is -2.08. The van der Waals surface area contributed by atoms with Gasteiger partial charge < -0.3 is 9.84 Å². The Morgan fingerprint density at radius 3 is 2.81 bits per heavy atom. The number of aromatic nitrogens is 1. The molecule has 0 saturated heterocycles. The van der Waals surface area contributed by atoms with Crippen molar-refractivity contribution >= 4 is 27.7 Å². The summed E-state index contributed by atoms with van der Waals surface area (Å²) >= 11 is 3.32. The highest BCUT2D eigenvalue weighted by Crippen LogP contribution is 2.39. The molecule has 0 bridgehead atoms. The van der Waals surface area contributed by atoms with Crippen LogP contribution in [-0.4, -0.2) is 22.8 Å². The molecule has 2 aromatic rings. The quantitative estimate of drug-likeness (QED) is 0.851. The Morgan fingerprint density at radius 1 is 1.43 bits per heavy atom. The average Bonchev–Trinajstić information content (AvgIpc) is 2.46. The van der Waals surface area contributed by atoms with Gasteiger partial charge in [0, 0.05) is 10.7 Å². The summed E-state index contributed by atoms with van der Waals surface area (Å²) in [5.41, 5.74) is 2.48. The van der Waals surface area contributed by atoms with Crippen molar-refractivity contribution in [1.29, 1.82) is 0 Å². The average molecular weight is 349 g/mol. The predicted molar refractivity (Wildman–Crippen MR) is 81.9 cm³/mol. The first kappa shape index (κ1) is 13.9. The fourth-order valence-corrected chi connectivity index (χ4v) is 2.69. The van der Waals surface area contributed by atoms with Gasteiger partial charge >= 0.3 is 6.09 Å². The molecule has 1 aliphatic heterocycles. The number of hydrogen-bond acceptors (Lipinski definition) is 3. The van der Waals surface area contributed by atoms with Crippen molar-refractivity contribution in [3.63, 3.8) is 0 Å². The minimum Gasteiger partial charge on any atom is -0.474 e. The largest absolute Gasteiger partial charge is 0.474 e. The number of pyridine rings is 1. The zero-order chi connectivity index (χ0) is 15.0. The Kier molecular flexibility index (Phi) is 3.55. The summed E-state index contributed by atoms with van der Waals surface area (Å²) in [6.45, 7) is 2.24. The van der Waals surface area contributed by atoms with Crippen molar-refractivity contribution in [2.75, 3.05) is 11.5 Å². The predicted octanol–water partition coefficient (Wildman–Crippen LogP) is 3.77. The summed E-state index contributed by atoms with van der Waals surface area (Å²) in [5, 5.41) is 9.59. The number of carboxylic acid groups (broad SMARTS) is 1. The lowest BCUT2D eigenvalue weighted by Gasteiger charge is -2.34. The first-order valence-electron chi connectivity index (χ1n) is 6.43. The summed E-state index contributed by atoms with van der Waals surface area (Å²) in [4.78, 5) is 17.1. The molecule has 0 spiro atoms. The lowest BCUT2D eigenvalue weighted by Crippen LogP contribution is -2.40. The van der Waals surface area contributed by atoms with E-state index in [1.54, 1.807) is 12.3 Å². The van der Waals surface area contributed by atoms with Gasteiger partial charge in [0.05, 0.1) is 6.04 Å². The van der Waals surface area contributed by atoms with Crippen LogP contribution in [0.15, 0.2) is 41.0 Å². The van der Waals surface area contributed by atoms with Crippen LogP contribution in [0.1, 0.15) is 17.2 Å². The van der Waals surface area contributed by atoms with Gasteiger partial charge in [-0.05, 0) is 34.5 Å². The lowest BCUT2D eigenvalue weighted by atomic mass is 10.0. The van der Waals surface area contributed by atoms with E-state index >= 15 is 0 Å². The van der Waals surface area contributed by atoms with Crippen LogP contribution in [-0.2, 0) is 0 Å². The van der Waals surface area contributed by atoms with Crippen LogP contribution >= 0.6 is 15.9 Å². The van der Waals surface area contributed by atoms with E-state index in [4.69, 9.17) is 4.74 Å². The van der Waals surface area contributed by atoms with Crippen LogP contribution in [0.25, 0.3) is 0 Å². The van der Waals surface area contributed by atoms with Crippen LogP contribution in [0.4, 0.5) is 10.5 Å². The van der Waals surface area contributed by atoms with Gasteiger partial charge in [-0.25, -0.2) is 9.78 Å². The molecular formula is C15H13BrN2O3. The standard InChI is InChI=1S/C15H13BrN2O3/c1-9-2-4-10(5-3-9)13-8-21-14-12(18(13)15(19)20)6-11(16)7-17-14/h2-7,13H,8H2,1H3,(H,19,20)/t13-/m1/s1. The molecule has 3 rings (SSSR count). The number of carbonyl (C=O) groups is 1. The third kappa shape index (κ3) is 2.58. The summed E-state index contributed by atoms with van der Waals surface area (Å²) in [7, 11) is 0. The third-order valence-corrected chi connectivity index (χ3v) is 3.85. The number of rotatable bonds is 1. The summed E-state index contributed by atoms with van der Waals surface area (Å²) in [6, 6.07) is 9.10. The van der Waals surface area contributed by atoms with E-state index in [0.29, 0.717) is 16.0 Å². The normalized spacial score (nSPS) is 17.0. The highest BCUT2D eigenvalue weighted by atomic mass is 79.9. The van der Waals surface area contributed by atoms with Gasteiger partial charge in [-0.2, -0.15) is 0 Å². The topological polar surface area (TPSA) is 62.7 Å². The Labute approximate surface area is 130 Å². The first-order valence-corrected chi connectivity index (χ1v) is 7.22. The fourth-order valence-electron chi connectivity index (χ4n) is 2.37. The molecule has 0 fully saturated rings. The lowest BCUT2D eigenvalue weighted by molar-refractivity contribution is 0.186. The second kappa shape index (κ2) is 5.37. The number of fused-ring (bicyclic) bond motifs is 1. The fraction of sp³-hybridized carbons (Fsp3) is 0.200. The van der Waals surface area contributed by atoms with E-state index in [0.717, 1.165) is 11.1 Å². The number of halogens is 1. The number of anilines is 1. The molecule has 108 valence electrons. The van der Waals surface area contributed by atoms with Crippen LogP contribution in [0.2, 0.25) is 0 Å². The van der Waals surface area contributed by atoms with E-state index in [-0.39, 0.29) is 12.6 Å². The minimum atomic E-state index is -1.02. The summed E-state index contributed by atoms with van der Waals surface area (Å²) in [5.74, 6) is 0.337.